The molecule has 0 fully saturated rings. The first-order valence-electron chi connectivity index (χ1n) is 5.17. The van der Waals surface area contributed by atoms with E-state index in [0.29, 0.717) is 24.0 Å². The van der Waals surface area contributed by atoms with Gasteiger partial charge >= 0.3 is 0 Å². The Labute approximate surface area is 98.8 Å². The van der Waals surface area contributed by atoms with E-state index in [1.54, 1.807) is 26.3 Å². The van der Waals surface area contributed by atoms with Crippen LogP contribution in [0.1, 0.15) is 12.7 Å². The van der Waals surface area contributed by atoms with Crippen LogP contribution < -0.4 is 5.73 Å². The second-order valence-corrected chi connectivity index (χ2v) is 3.99. The van der Waals surface area contributed by atoms with Gasteiger partial charge in [0.05, 0.1) is 6.61 Å². The van der Waals surface area contributed by atoms with Crippen molar-refractivity contribution >= 4 is 0 Å². The van der Waals surface area contributed by atoms with E-state index in [-0.39, 0.29) is 0 Å². The highest BCUT2D eigenvalue weighted by atomic mass is 16.5. The van der Waals surface area contributed by atoms with Crippen molar-refractivity contribution in [1.29, 1.82) is 0 Å². The molecule has 1 atom stereocenters. The Bertz CT molecular complexity index is 481. The van der Waals surface area contributed by atoms with Gasteiger partial charge in [0, 0.05) is 13.3 Å². The summed E-state index contributed by atoms with van der Waals surface area (Å²) >= 11 is 0. The fourth-order valence-corrected chi connectivity index (χ4v) is 1.41. The van der Waals surface area contributed by atoms with E-state index in [0.717, 1.165) is 0 Å². The molecule has 0 radical (unpaired) electrons. The molecule has 1 unspecified atom stereocenters. The summed E-state index contributed by atoms with van der Waals surface area (Å²) < 4.78 is 10.1. The molecule has 2 N–H and O–H groups in total. The normalized spacial score (nSPS) is 14.5. The van der Waals surface area contributed by atoms with Crippen molar-refractivity contribution < 1.29 is 9.26 Å². The lowest BCUT2D eigenvalue weighted by atomic mass is 10.1. The Morgan fingerprint density at radius 1 is 1.47 bits per heavy atom. The summed E-state index contributed by atoms with van der Waals surface area (Å²) in [5.41, 5.74) is 5.86. The minimum absolute atomic E-state index is 0.314. The van der Waals surface area contributed by atoms with Gasteiger partial charge in [-0.15, -0.1) is 0 Å². The smallest absolute Gasteiger partial charge is 0.276 e. The van der Waals surface area contributed by atoms with Crippen LogP contribution in [0.4, 0.5) is 0 Å². The molecule has 2 heterocycles. The van der Waals surface area contributed by atoms with E-state index in [2.05, 4.69) is 15.1 Å². The standard InChI is InChI=1S/C11H14N4O2/c1-11(12,7-16-2)10-14-9(17-15-10)8-5-3-4-6-13-8/h3-6H,7,12H2,1-2H3. The highest BCUT2D eigenvalue weighted by molar-refractivity contribution is 5.45. The molecule has 0 saturated heterocycles. The van der Waals surface area contributed by atoms with E-state index in [1.807, 2.05) is 12.1 Å². The molecule has 0 amide bonds. The highest BCUT2D eigenvalue weighted by Crippen LogP contribution is 2.19. The molecule has 2 aromatic rings. The maximum atomic E-state index is 6.01. The topological polar surface area (TPSA) is 87.1 Å². The first kappa shape index (κ1) is 11.7. The maximum Gasteiger partial charge on any atom is 0.276 e. The van der Waals surface area contributed by atoms with Gasteiger partial charge in [-0.25, -0.2) is 0 Å². The van der Waals surface area contributed by atoms with Gasteiger partial charge in [-0.2, -0.15) is 4.98 Å². The number of hydrogen-bond donors (Lipinski definition) is 1. The van der Waals surface area contributed by atoms with Crippen molar-refractivity contribution in [2.45, 2.75) is 12.5 Å². The second kappa shape index (κ2) is 4.60. The molecule has 0 aliphatic rings. The van der Waals surface area contributed by atoms with Gasteiger partial charge in [-0.05, 0) is 19.1 Å². The summed E-state index contributed by atoms with van der Waals surface area (Å²) in [5, 5.41) is 3.85. The molecule has 0 aliphatic carbocycles. The van der Waals surface area contributed by atoms with Crippen LogP contribution in [0.5, 0.6) is 0 Å². The van der Waals surface area contributed by atoms with Crippen LogP contribution in [0, 0.1) is 0 Å². The Morgan fingerprint density at radius 3 is 2.94 bits per heavy atom. The van der Waals surface area contributed by atoms with E-state index in [1.165, 1.54) is 0 Å². The molecule has 0 aromatic carbocycles. The van der Waals surface area contributed by atoms with Crippen LogP contribution in [-0.4, -0.2) is 28.8 Å². The zero-order valence-corrected chi connectivity index (χ0v) is 9.75. The number of nitrogens with two attached hydrogens (primary N) is 1. The molecule has 0 aliphatic heterocycles. The minimum atomic E-state index is -0.773. The van der Waals surface area contributed by atoms with Crippen LogP contribution in [0.3, 0.4) is 0 Å². The van der Waals surface area contributed by atoms with Gasteiger partial charge in [0.2, 0.25) is 0 Å². The molecule has 0 saturated carbocycles. The lowest BCUT2D eigenvalue weighted by Crippen LogP contribution is -2.38. The van der Waals surface area contributed by atoms with Crippen molar-refractivity contribution in [3.8, 4) is 11.6 Å². The van der Waals surface area contributed by atoms with Crippen LogP contribution in [0.2, 0.25) is 0 Å². The lowest BCUT2D eigenvalue weighted by Gasteiger charge is -2.18. The van der Waals surface area contributed by atoms with Gasteiger partial charge in [0.15, 0.2) is 5.82 Å². The van der Waals surface area contributed by atoms with Gasteiger partial charge in [0.1, 0.15) is 11.2 Å². The van der Waals surface area contributed by atoms with E-state index >= 15 is 0 Å². The first-order valence-corrected chi connectivity index (χ1v) is 5.17. The number of methoxy groups -OCH3 is 1. The van der Waals surface area contributed by atoms with Crippen LogP contribution in [-0.2, 0) is 10.3 Å². The quantitative estimate of drug-likeness (QED) is 0.847. The van der Waals surface area contributed by atoms with Crippen molar-refractivity contribution in [1.82, 2.24) is 15.1 Å². The highest BCUT2D eigenvalue weighted by Gasteiger charge is 2.27. The summed E-state index contributed by atoms with van der Waals surface area (Å²) in [6.07, 6.45) is 1.66. The van der Waals surface area contributed by atoms with Crippen LogP contribution >= 0.6 is 0 Å². The Balaban J connectivity index is 2.28. The molecule has 0 spiro atoms. The van der Waals surface area contributed by atoms with Crippen LogP contribution in [0.25, 0.3) is 11.6 Å². The van der Waals surface area contributed by atoms with Crippen molar-refractivity contribution in [2.75, 3.05) is 13.7 Å². The van der Waals surface area contributed by atoms with E-state index < -0.39 is 5.54 Å². The first-order chi connectivity index (χ1) is 8.13. The summed E-state index contributed by atoms with van der Waals surface area (Å²) in [6.45, 7) is 2.09. The number of aromatic nitrogens is 3. The molecular formula is C11H14N4O2. The summed E-state index contributed by atoms with van der Waals surface area (Å²) in [4.78, 5) is 8.35. The average Bonchev–Trinajstić information content (AvgIpc) is 2.80. The molecule has 17 heavy (non-hydrogen) atoms. The molecule has 6 heteroatoms. The minimum Gasteiger partial charge on any atom is -0.382 e. The van der Waals surface area contributed by atoms with Gasteiger partial charge in [-0.3, -0.25) is 4.98 Å². The molecule has 6 nitrogen and oxygen atoms in total. The predicted molar refractivity (Wildman–Crippen MR) is 60.9 cm³/mol. The summed E-state index contributed by atoms with van der Waals surface area (Å²) in [7, 11) is 1.57. The van der Waals surface area contributed by atoms with Gasteiger partial charge < -0.3 is 15.0 Å². The third-order valence-corrected chi connectivity index (χ3v) is 2.27. The van der Waals surface area contributed by atoms with E-state index in [9.17, 15) is 0 Å². The van der Waals surface area contributed by atoms with Crippen molar-refractivity contribution in [3.05, 3.63) is 30.2 Å². The molecule has 2 aromatic heterocycles. The van der Waals surface area contributed by atoms with E-state index in [4.69, 9.17) is 15.0 Å². The third-order valence-electron chi connectivity index (χ3n) is 2.27. The molecule has 2 rings (SSSR count). The number of hydrogen-bond acceptors (Lipinski definition) is 6. The number of ether oxygens (including phenoxy) is 1. The zero-order chi connectivity index (χ0) is 12.3. The Hall–Kier alpha value is -1.79. The third kappa shape index (κ3) is 2.48. The second-order valence-electron chi connectivity index (χ2n) is 3.99. The molecule has 90 valence electrons. The molecule has 0 bridgehead atoms. The van der Waals surface area contributed by atoms with Gasteiger partial charge in [-0.1, -0.05) is 11.2 Å². The Morgan fingerprint density at radius 2 is 2.29 bits per heavy atom. The SMILES string of the molecule is COCC(C)(N)c1noc(-c2ccccn2)n1. The maximum absolute atomic E-state index is 6.01. The van der Waals surface area contributed by atoms with Crippen molar-refractivity contribution in [2.24, 2.45) is 5.73 Å². The Kier molecular flexibility index (Phi) is 3.16. The fraction of sp³-hybridized carbons (Fsp3) is 0.364. The monoisotopic (exact) mass is 234 g/mol. The number of pyridine rings is 1. The zero-order valence-electron chi connectivity index (χ0n) is 9.75. The predicted octanol–water partition coefficient (Wildman–Crippen LogP) is 0.952. The lowest BCUT2D eigenvalue weighted by molar-refractivity contribution is 0.135. The molecular weight excluding hydrogens is 220 g/mol. The van der Waals surface area contributed by atoms with Crippen LogP contribution in [0.15, 0.2) is 28.9 Å². The fourth-order valence-electron chi connectivity index (χ4n) is 1.41. The number of nitrogens with zero attached hydrogens (tertiary/aromatic N) is 3. The summed E-state index contributed by atoms with van der Waals surface area (Å²) in [6, 6.07) is 5.46. The summed E-state index contributed by atoms with van der Waals surface area (Å²) in [5.74, 6) is 0.758. The number of rotatable bonds is 4. The van der Waals surface area contributed by atoms with Gasteiger partial charge in [0.25, 0.3) is 5.89 Å². The van der Waals surface area contributed by atoms with Crippen molar-refractivity contribution in [3.63, 3.8) is 0 Å². The largest absolute Gasteiger partial charge is 0.382 e. The average molecular weight is 234 g/mol.